The molecule has 1 aromatic carbocycles. The van der Waals surface area contributed by atoms with Gasteiger partial charge in [-0.1, -0.05) is 18.2 Å². The smallest absolute Gasteiger partial charge is 0.417 e. The number of ether oxygens (including phenoxy) is 2. The number of aryl methyl sites for hydroxylation is 1. The lowest BCUT2D eigenvalue weighted by molar-refractivity contribution is -0.131. The van der Waals surface area contributed by atoms with Crippen molar-refractivity contribution >= 4 is 12.0 Å². The van der Waals surface area contributed by atoms with Crippen molar-refractivity contribution in [2.45, 2.75) is 52.2 Å². The molecule has 0 saturated carbocycles. The molecule has 1 aliphatic heterocycles. The molecule has 0 spiro atoms. The lowest BCUT2D eigenvalue weighted by Crippen LogP contribution is -2.39. The highest BCUT2D eigenvalue weighted by Crippen LogP contribution is 2.40. The Morgan fingerprint density at radius 3 is 2.60 bits per heavy atom. The predicted molar refractivity (Wildman–Crippen MR) is 96.5 cm³/mol. The van der Waals surface area contributed by atoms with E-state index >= 15 is 0 Å². The summed E-state index contributed by atoms with van der Waals surface area (Å²) in [5, 5.41) is 0. The Labute approximate surface area is 149 Å². The first-order valence-corrected chi connectivity index (χ1v) is 8.49. The predicted octanol–water partition coefficient (Wildman–Crippen LogP) is 4.40. The van der Waals surface area contributed by atoms with Crippen LogP contribution in [0.5, 0.6) is 5.75 Å². The van der Waals surface area contributed by atoms with Crippen LogP contribution in [0.4, 0.5) is 4.79 Å². The van der Waals surface area contributed by atoms with Crippen molar-refractivity contribution in [3.63, 3.8) is 0 Å². The van der Waals surface area contributed by atoms with Crippen molar-refractivity contribution in [2.75, 3.05) is 7.11 Å². The molecule has 0 radical (unpaired) electrons. The van der Waals surface area contributed by atoms with Crippen LogP contribution >= 0.6 is 0 Å². The van der Waals surface area contributed by atoms with E-state index in [0.717, 1.165) is 16.9 Å². The number of carbonyl (C=O) groups is 2. The Bertz CT molecular complexity index is 675. The number of nitrogens with zero attached hydrogens (tertiary/aromatic N) is 1. The summed E-state index contributed by atoms with van der Waals surface area (Å²) >= 11 is 0. The highest BCUT2D eigenvalue weighted by Gasteiger charge is 2.44. The van der Waals surface area contributed by atoms with E-state index < -0.39 is 11.7 Å². The molecule has 1 aromatic rings. The van der Waals surface area contributed by atoms with Crippen molar-refractivity contribution < 1.29 is 19.1 Å². The molecule has 5 nitrogen and oxygen atoms in total. The summed E-state index contributed by atoms with van der Waals surface area (Å²) in [6, 6.07) is 5.39. The number of benzene rings is 1. The van der Waals surface area contributed by atoms with Gasteiger partial charge in [-0.25, -0.2) is 9.69 Å². The third-order valence-corrected chi connectivity index (χ3v) is 4.25. The molecule has 25 heavy (non-hydrogen) atoms. The van der Waals surface area contributed by atoms with Crippen molar-refractivity contribution in [3.8, 4) is 5.75 Å². The molecule has 0 bridgehead atoms. The molecule has 2 amide bonds. The van der Waals surface area contributed by atoms with Crippen LogP contribution in [0.2, 0.25) is 0 Å². The van der Waals surface area contributed by atoms with Crippen LogP contribution in [0.3, 0.4) is 0 Å². The minimum Gasteiger partial charge on any atom is -0.496 e. The third-order valence-electron chi connectivity index (χ3n) is 4.25. The van der Waals surface area contributed by atoms with Crippen LogP contribution in [0, 0.1) is 12.8 Å². The topological polar surface area (TPSA) is 55.8 Å². The third kappa shape index (κ3) is 4.21. The Kier molecular flexibility index (Phi) is 5.55. The van der Waals surface area contributed by atoms with Gasteiger partial charge in [-0.15, -0.1) is 6.58 Å². The quantitative estimate of drug-likeness (QED) is 0.759. The van der Waals surface area contributed by atoms with Crippen LogP contribution < -0.4 is 4.74 Å². The second kappa shape index (κ2) is 7.30. The van der Waals surface area contributed by atoms with E-state index in [-0.39, 0.29) is 17.9 Å². The molecule has 1 saturated heterocycles. The average molecular weight is 345 g/mol. The lowest BCUT2D eigenvalue weighted by Gasteiger charge is -2.27. The molecule has 136 valence electrons. The molecule has 1 aliphatic rings. The summed E-state index contributed by atoms with van der Waals surface area (Å²) in [5.74, 6) is 0.324. The minimum absolute atomic E-state index is 0.201. The van der Waals surface area contributed by atoms with Crippen molar-refractivity contribution in [1.82, 2.24) is 4.90 Å². The van der Waals surface area contributed by atoms with Gasteiger partial charge in [-0.2, -0.15) is 0 Å². The van der Waals surface area contributed by atoms with Gasteiger partial charge in [0, 0.05) is 5.92 Å². The molecule has 0 aromatic heterocycles. The molecule has 2 rings (SSSR count). The molecule has 0 aliphatic carbocycles. The maximum absolute atomic E-state index is 12.8. The fourth-order valence-corrected chi connectivity index (χ4v) is 3.15. The number of hydrogen-bond donors (Lipinski definition) is 0. The van der Waals surface area contributed by atoms with Gasteiger partial charge < -0.3 is 9.47 Å². The molecule has 1 heterocycles. The standard InChI is InChI=1S/C20H27NO4/c1-7-8-15-12-16(14-9-10-17(24-6)13(2)11-14)21(18(15)22)19(23)25-20(3,4)5/h7,9-11,15-16H,1,8,12H2,2-6H3. The first-order valence-electron chi connectivity index (χ1n) is 8.49. The first kappa shape index (κ1) is 19.0. The van der Waals surface area contributed by atoms with Crippen molar-refractivity contribution in [3.05, 3.63) is 42.0 Å². The fourth-order valence-electron chi connectivity index (χ4n) is 3.15. The van der Waals surface area contributed by atoms with E-state index in [1.807, 2.05) is 25.1 Å². The van der Waals surface area contributed by atoms with Gasteiger partial charge in [0.2, 0.25) is 5.91 Å². The van der Waals surface area contributed by atoms with E-state index in [4.69, 9.17) is 9.47 Å². The summed E-state index contributed by atoms with van der Waals surface area (Å²) in [4.78, 5) is 26.7. The first-order chi connectivity index (χ1) is 11.7. The second-order valence-electron chi connectivity index (χ2n) is 7.39. The molecule has 1 fully saturated rings. The Balaban J connectivity index is 2.37. The lowest BCUT2D eigenvalue weighted by atomic mass is 9.96. The van der Waals surface area contributed by atoms with Gasteiger partial charge in [0.1, 0.15) is 11.4 Å². The largest absolute Gasteiger partial charge is 0.496 e. The number of hydrogen-bond acceptors (Lipinski definition) is 4. The molecular formula is C20H27NO4. The maximum atomic E-state index is 12.8. The van der Waals surface area contributed by atoms with Crippen LogP contribution in [-0.2, 0) is 9.53 Å². The summed E-state index contributed by atoms with van der Waals surface area (Å²) in [6.07, 6.45) is 2.24. The molecule has 5 heteroatoms. The van der Waals surface area contributed by atoms with Crippen molar-refractivity contribution in [2.24, 2.45) is 5.92 Å². The number of likely N-dealkylation sites (tertiary alicyclic amines) is 1. The van der Waals surface area contributed by atoms with Gasteiger partial charge >= 0.3 is 6.09 Å². The molecule has 2 unspecified atom stereocenters. The fraction of sp³-hybridized carbons (Fsp3) is 0.500. The zero-order chi connectivity index (χ0) is 18.8. The van der Waals surface area contributed by atoms with Gasteiger partial charge in [-0.05, 0) is 57.7 Å². The van der Waals surface area contributed by atoms with Crippen LogP contribution in [0.1, 0.15) is 50.8 Å². The van der Waals surface area contributed by atoms with E-state index in [1.165, 1.54) is 4.90 Å². The number of amides is 2. The number of imide groups is 1. The zero-order valence-corrected chi connectivity index (χ0v) is 15.7. The van der Waals surface area contributed by atoms with Crippen molar-refractivity contribution in [1.29, 1.82) is 0 Å². The van der Waals surface area contributed by atoms with E-state index in [0.29, 0.717) is 12.8 Å². The molecule has 2 atom stereocenters. The highest BCUT2D eigenvalue weighted by atomic mass is 16.6. The summed E-state index contributed by atoms with van der Waals surface area (Å²) < 4.78 is 10.8. The van der Waals surface area contributed by atoms with Crippen LogP contribution in [0.15, 0.2) is 30.9 Å². The highest BCUT2D eigenvalue weighted by molar-refractivity contribution is 5.96. The minimum atomic E-state index is -0.658. The van der Waals surface area contributed by atoms with E-state index in [2.05, 4.69) is 6.58 Å². The second-order valence-corrected chi connectivity index (χ2v) is 7.39. The number of carbonyl (C=O) groups excluding carboxylic acids is 2. The number of allylic oxidation sites excluding steroid dienone is 1. The summed E-state index contributed by atoms with van der Waals surface area (Å²) in [7, 11) is 1.62. The normalized spacial score (nSPS) is 20.5. The monoisotopic (exact) mass is 345 g/mol. The summed E-state index contributed by atoms with van der Waals surface area (Å²) in [6.45, 7) is 11.0. The summed E-state index contributed by atoms with van der Waals surface area (Å²) in [5.41, 5.74) is 1.21. The van der Waals surface area contributed by atoms with Gasteiger partial charge in [-0.3, -0.25) is 4.79 Å². The molecule has 0 N–H and O–H groups in total. The van der Waals surface area contributed by atoms with E-state index in [1.54, 1.807) is 34.0 Å². The maximum Gasteiger partial charge on any atom is 0.417 e. The average Bonchev–Trinajstić information content (AvgIpc) is 2.83. The number of methoxy groups -OCH3 is 1. The van der Waals surface area contributed by atoms with Crippen LogP contribution in [-0.4, -0.2) is 29.6 Å². The Morgan fingerprint density at radius 2 is 2.08 bits per heavy atom. The van der Waals surface area contributed by atoms with Gasteiger partial charge in [0.05, 0.1) is 13.2 Å². The zero-order valence-electron chi connectivity index (χ0n) is 15.7. The Morgan fingerprint density at radius 1 is 1.40 bits per heavy atom. The van der Waals surface area contributed by atoms with Crippen LogP contribution in [0.25, 0.3) is 0 Å². The van der Waals surface area contributed by atoms with Gasteiger partial charge in [0.25, 0.3) is 0 Å². The SMILES string of the molecule is C=CCC1CC(c2ccc(OC)c(C)c2)N(C(=O)OC(C)(C)C)C1=O. The Hall–Kier alpha value is -2.30. The molecular weight excluding hydrogens is 318 g/mol. The van der Waals surface area contributed by atoms with Gasteiger partial charge in [0.15, 0.2) is 0 Å². The number of rotatable bonds is 4. The van der Waals surface area contributed by atoms with E-state index in [9.17, 15) is 9.59 Å².